The van der Waals surface area contributed by atoms with Crippen molar-refractivity contribution >= 4 is 5.82 Å². The zero-order chi connectivity index (χ0) is 15.8. The first kappa shape index (κ1) is 17.9. The number of rotatable bonds is 10. The number of nitrogens with two attached hydrogens (primary N) is 1. The monoisotopic (exact) mass is 298 g/mol. The van der Waals surface area contributed by atoms with E-state index in [0.29, 0.717) is 6.61 Å². The van der Waals surface area contributed by atoms with Gasteiger partial charge in [0, 0.05) is 52.6 Å². The molecule has 0 aliphatic carbocycles. The lowest BCUT2D eigenvalue weighted by Gasteiger charge is -2.26. The summed E-state index contributed by atoms with van der Waals surface area (Å²) >= 11 is 0. The van der Waals surface area contributed by atoms with E-state index >= 15 is 0 Å². The van der Waals surface area contributed by atoms with Gasteiger partial charge >= 0.3 is 0 Å². The Kier molecular flexibility index (Phi) is 7.71. The Morgan fingerprint density at radius 2 is 1.90 bits per heavy atom. The number of aromatic nitrogens is 2. The predicted molar refractivity (Wildman–Crippen MR) is 85.9 cm³/mol. The fraction of sp³-hybridized carbons (Fsp3) is 0.800. The van der Waals surface area contributed by atoms with Crippen LogP contribution in [0.15, 0.2) is 0 Å². The highest BCUT2D eigenvalue weighted by molar-refractivity contribution is 5.50. The van der Waals surface area contributed by atoms with E-state index in [4.69, 9.17) is 15.2 Å². The molecule has 0 aliphatic rings. The van der Waals surface area contributed by atoms with Crippen LogP contribution in [0.3, 0.4) is 0 Å². The SMILES string of the molecule is COCCCN(CCOC)c1c(CC(C)N)c(C)nn1C. The fourth-order valence-electron chi connectivity index (χ4n) is 2.57. The number of hydrogen-bond donors (Lipinski definition) is 1. The van der Waals surface area contributed by atoms with Crippen LogP contribution in [-0.2, 0) is 22.9 Å². The average molecular weight is 298 g/mol. The third kappa shape index (κ3) is 5.30. The zero-order valence-corrected chi connectivity index (χ0v) is 14.1. The van der Waals surface area contributed by atoms with Crippen molar-refractivity contribution < 1.29 is 9.47 Å². The molecule has 0 saturated heterocycles. The Labute approximate surface area is 128 Å². The van der Waals surface area contributed by atoms with E-state index < -0.39 is 0 Å². The highest BCUT2D eigenvalue weighted by Crippen LogP contribution is 2.24. The fourth-order valence-corrected chi connectivity index (χ4v) is 2.57. The summed E-state index contributed by atoms with van der Waals surface area (Å²) in [4.78, 5) is 2.32. The van der Waals surface area contributed by atoms with Crippen molar-refractivity contribution in [3.63, 3.8) is 0 Å². The second-order valence-electron chi connectivity index (χ2n) is 5.52. The first-order chi connectivity index (χ1) is 10.0. The first-order valence-corrected chi connectivity index (χ1v) is 7.52. The van der Waals surface area contributed by atoms with E-state index in [9.17, 15) is 0 Å². The number of ether oxygens (including phenoxy) is 2. The Morgan fingerprint density at radius 3 is 2.48 bits per heavy atom. The van der Waals surface area contributed by atoms with Gasteiger partial charge in [-0.2, -0.15) is 5.10 Å². The molecule has 0 amide bonds. The molecule has 6 heteroatoms. The lowest BCUT2D eigenvalue weighted by Crippen LogP contribution is -2.32. The van der Waals surface area contributed by atoms with Crippen LogP contribution in [0.2, 0.25) is 0 Å². The van der Waals surface area contributed by atoms with Gasteiger partial charge in [0.25, 0.3) is 0 Å². The summed E-state index contributed by atoms with van der Waals surface area (Å²) in [6.45, 7) is 7.27. The number of nitrogens with zero attached hydrogens (tertiary/aromatic N) is 3. The van der Waals surface area contributed by atoms with E-state index in [-0.39, 0.29) is 6.04 Å². The highest BCUT2D eigenvalue weighted by atomic mass is 16.5. The van der Waals surface area contributed by atoms with Crippen molar-refractivity contribution in [2.45, 2.75) is 32.7 Å². The predicted octanol–water partition coefficient (Wildman–Crippen LogP) is 1.11. The molecule has 0 radical (unpaired) electrons. The molecule has 0 saturated carbocycles. The summed E-state index contributed by atoms with van der Waals surface area (Å²) in [6.07, 6.45) is 1.81. The molecule has 1 heterocycles. The number of aryl methyl sites for hydroxylation is 2. The quantitative estimate of drug-likeness (QED) is 0.656. The largest absolute Gasteiger partial charge is 0.385 e. The number of hydrogen-bond acceptors (Lipinski definition) is 5. The highest BCUT2D eigenvalue weighted by Gasteiger charge is 2.20. The Balaban J connectivity index is 2.97. The van der Waals surface area contributed by atoms with Gasteiger partial charge in [-0.15, -0.1) is 0 Å². The lowest BCUT2D eigenvalue weighted by atomic mass is 10.1. The molecule has 1 atom stereocenters. The molecule has 0 fully saturated rings. The lowest BCUT2D eigenvalue weighted by molar-refractivity contribution is 0.190. The maximum Gasteiger partial charge on any atom is 0.130 e. The molecule has 1 aromatic rings. The first-order valence-electron chi connectivity index (χ1n) is 7.52. The Morgan fingerprint density at radius 1 is 1.24 bits per heavy atom. The molecule has 1 aromatic heterocycles. The summed E-state index contributed by atoms with van der Waals surface area (Å²) in [5, 5.41) is 4.57. The summed E-state index contributed by atoms with van der Waals surface area (Å²) in [5.74, 6) is 1.15. The second-order valence-corrected chi connectivity index (χ2v) is 5.52. The molecule has 122 valence electrons. The third-order valence-corrected chi connectivity index (χ3v) is 3.48. The van der Waals surface area contributed by atoms with Crippen molar-refractivity contribution in [3.8, 4) is 0 Å². The molecule has 0 bridgehead atoms. The molecule has 1 rings (SSSR count). The normalized spacial score (nSPS) is 12.7. The maximum atomic E-state index is 5.99. The third-order valence-electron chi connectivity index (χ3n) is 3.48. The van der Waals surface area contributed by atoms with Crippen molar-refractivity contribution in [2.24, 2.45) is 12.8 Å². The van der Waals surface area contributed by atoms with Gasteiger partial charge in [0.2, 0.25) is 0 Å². The van der Waals surface area contributed by atoms with Crippen LogP contribution in [0.25, 0.3) is 0 Å². The minimum Gasteiger partial charge on any atom is -0.385 e. The van der Waals surface area contributed by atoms with E-state index in [2.05, 4.69) is 10.00 Å². The van der Waals surface area contributed by atoms with Crippen molar-refractivity contribution in [2.75, 3.05) is 45.4 Å². The van der Waals surface area contributed by atoms with Crippen molar-refractivity contribution in [3.05, 3.63) is 11.3 Å². The van der Waals surface area contributed by atoms with Crippen LogP contribution in [0.4, 0.5) is 5.82 Å². The molecular weight excluding hydrogens is 268 g/mol. The van der Waals surface area contributed by atoms with Crippen molar-refractivity contribution in [1.29, 1.82) is 0 Å². The molecule has 0 aromatic carbocycles. The molecule has 21 heavy (non-hydrogen) atoms. The van der Waals surface area contributed by atoms with Crippen LogP contribution < -0.4 is 10.6 Å². The van der Waals surface area contributed by atoms with Crippen LogP contribution in [0.5, 0.6) is 0 Å². The van der Waals surface area contributed by atoms with Gasteiger partial charge in [-0.05, 0) is 26.7 Å². The minimum atomic E-state index is 0.120. The minimum absolute atomic E-state index is 0.120. The molecule has 1 unspecified atom stereocenters. The second kappa shape index (κ2) is 9.02. The molecule has 2 N–H and O–H groups in total. The van der Waals surface area contributed by atoms with E-state index in [0.717, 1.165) is 44.0 Å². The summed E-state index contributed by atoms with van der Waals surface area (Å²) < 4.78 is 12.4. The Bertz CT molecular complexity index is 418. The van der Waals surface area contributed by atoms with Gasteiger partial charge in [-0.25, -0.2) is 0 Å². The van der Waals surface area contributed by atoms with Gasteiger partial charge in [0.15, 0.2) is 0 Å². The van der Waals surface area contributed by atoms with Gasteiger partial charge < -0.3 is 20.1 Å². The van der Waals surface area contributed by atoms with Crippen LogP contribution >= 0.6 is 0 Å². The van der Waals surface area contributed by atoms with E-state index in [1.165, 1.54) is 5.56 Å². The zero-order valence-electron chi connectivity index (χ0n) is 14.1. The maximum absolute atomic E-state index is 5.99. The Hall–Kier alpha value is -1.11. The van der Waals surface area contributed by atoms with Crippen LogP contribution in [0.1, 0.15) is 24.6 Å². The number of methoxy groups -OCH3 is 2. The van der Waals surface area contributed by atoms with Crippen LogP contribution in [0, 0.1) is 6.92 Å². The molecular formula is C15H30N4O2. The summed E-state index contributed by atoms with van der Waals surface area (Å²) in [7, 11) is 5.45. The summed E-state index contributed by atoms with van der Waals surface area (Å²) in [5.41, 5.74) is 8.28. The van der Waals surface area contributed by atoms with E-state index in [1.54, 1.807) is 14.2 Å². The van der Waals surface area contributed by atoms with Gasteiger partial charge in [-0.1, -0.05) is 0 Å². The molecule has 6 nitrogen and oxygen atoms in total. The standard InChI is InChI=1S/C15H30N4O2/c1-12(16)11-14-13(2)17-18(3)15(14)19(8-10-21-5)7-6-9-20-4/h12H,6-11,16H2,1-5H3. The van der Waals surface area contributed by atoms with Crippen LogP contribution in [-0.4, -0.2) is 56.3 Å². The van der Waals surface area contributed by atoms with Gasteiger partial charge in [0.05, 0.1) is 12.3 Å². The average Bonchev–Trinajstić information content (AvgIpc) is 2.68. The smallest absolute Gasteiger partial charge is 0.130 e. The molecule has 0 aliphatic heterocycles. The number of anilines is 1. The van der Waals surface area contributed by atoms with Gasteiger partial charge in [0.1, 0.15) is 5.82 Å². The topological polar surface area (TPSA) is 65.5 Å². The van der Waals surface area contributed by atoms with Gasteiger partial charge in [-0.3, -0.25) is 4.68 Å². The molecule has 0 spiro atoms. The van der Waals surface area contributed by atoms with E-state index in [1.807, 2.05) is 25.6 Å². The van der Waals surface area contributed by atoms with Crippen molar-refractivity contribution in [1.82, 2.24) is 9.78 Å². The summed E-state index contributed by atoms with van der Waals surface area (Å²) in [6, 6.07) is 0.120.